The van der Waals surface area contributed by atoms with E-state index >= 15 is 0 Å². The van der Waals surface area contributed by atoms with Crippen molar-refractivity contribution in [1.29, 1.82) is 0 Å². The molecule has 2 atom stereocenters. The van der Waals surface area contributed by atoms with E-state index in [0.29, 0.717) is 16.9 Å². The van der Waals surface area contributed by atoms with E-state index in [1.54, 1.807) is 0 Å². The van der Waals surface area contributed by atoms with E-state index in [0.717, 1.165) is 18.1 Å². The molecule has 1 aliphatic rings. The van der Waals surface area contributed by atoms with Crippen molar-refractivity contribution in [3.63, 3.8) is 0 Å². The van der Waals surface area contributed by atoms with Gasteiger partial charge in [-0.2, -0.15) is 16.7 Å². The molecule has 1 N–H and O–H groups in total. The maximum absolute atomic E-state index is 6.03. The molecule has 2 rings (SSSR count). The average molecular weight is 292 g/mol. The maximum atomic E-state index is 6.03. The first-order chi connectivity index (χ1) is 8.19. The second-order valence-corrected chi connectivity index (χ2v) is 6.08. The molecular weight excluding hydrogens is 277 g/mol. The van der Waals surface area contributed by atoms with Gasteiger partial charge in [0.05, 0.1) is 6.20 Å². The van der Waals surface area contributed by atoms with Crippen LogP contribution in [0, 0.1) is 0 Å². The van der Waals surface area contributed by atoms with Gasteiger partial charge in [-0.1, -0.05) is 18.0 Å². The molecule has 3 nitrogen and oxygen atoms in total. The molecule has 1 heterocycles. The van der Waals surface area contributed by atoms with Crippen molar-refractivity contribution in [3.8, 4) is 0 Å². The number of hydrogen-bond donors (Lipinski definition) is 1. The van der Waals surface area contributed by atoms with Crippen molar-refractivity contribution in [2.75, 3.05) is 11.6 Å². The fourth-order valence-corrected chi connectivity index (χ4v) is 3.24. The Morgan fingerprint density at radius 1 is 1.41 bits per heavy atom. The molecule has 1 aromatic rings. The number of aromatic nitrogens is 2. The summed E-state index contributed by atoms with van der Waals surface area (Å²) in [5, 5.41) is 4.87. The predicted octanol–water partition coefficient (Wildman–Crippen LogP) is 3.87. The third-order valence-corrected chi connectivity index (χ3v) is 4.57. The number of thioether (sulfide) groups is 1. The number of nitrogens with zero attached hydrogens (tertiary/aromatic N) is 2. The molecule has 0 radical (unpaired) electrons. The van der Waals surface area contributed by atoms with Crippen LogP contribution >= 0.6 is 35.0 Å². The molecule has 0 spiro atoms. The highest BCUT2D eigenvalue weighted by Gasteiger charge is 2.22. The summed E-state index contributed by atoms with van der Waals surface area (Å²) in [5.74, 6) is 0.651. The SMILES string of the molecule is CSC1CCCC(Nc2nc(Cl)ncc2Cl)C1. The molecular formula is C11H15Cl2N3S. The van der Waals surface area contributed by atoms with Gasteiger partial charge in [0.2, 0.25) is 5.28 Å². The molecule has 0 aliphatic heterocycles. The van der Waals surface area contributed by atoms with Gasteiger partial charge >= 0.3 is 0 Å². The van der Waals surface area contributed by atoms with E-state index in [-0.39, 0.29) is 5.28 Å². The minimum atomic E-state index is 0.231. The topological polar surface area (TPSA) is 37.8 Å². The molecule has 6 heteroatoms. The van der Waals surface area contributed by atoms with E-state index in [1.165, 1.54) is 19.0 Å². The second kappa shape index (κ2) is 6.12. The van der Waals surface area contributed by atoms with Crippen molar-refractivity contribution >= 4 is 40.8 Å². The standard InChI is InChI=1S/C11H15Cl2N3S/c1-17-8-4-2-3-7(5-8)15-10-9(12)6-14-11(13)16-10/h6-8H,2-5H2,1H3,(H,14,15,16). The average Bonchev–Trinajstić information content (AvgIpc) is 2.34. The summed E-state index contributed by atoms with van der Waals surface area (Å²) in [4.78, 5) is 7.96. The maximum Gasteiger partial charge on any atom is 0.224 e. The van der Waals surface area contributed by atoms with Gasteiger partial charge in [0, 0.05) is 11.3 Å². The summed E-state index contributed by atoms with van der Waals surface area (Å²) in [6.07, 6.45) is 8.57. The normalized spacial score (nSPS) is 24.6. The minimum Gasteiger partial charge on any atom is -0.366 e. The highest BCUT2D eigenvalue weighted by molar-refractivity contribution is 7.99. The second-order valence-electron chi connectivity index (χ2n) is 4.20. The molecule has 94 valence electrons. The summed E-state index contributed by atoms with van der Waals surface area (Å²) in [5.41, 5.74) is 0. The van der Waals surface area contributed by atoms with E-state index < -0.39 is 0 Å². The van der Waals surface area contributed by atoms with Gasteiger partial charge in [-0.3, -0.25) is 0 Å². The minimum absolute atomic E-state index is 0.231. The summed E-state index contributed by atoms with van der Waals surface area (Å²) in [6.45, 7) is 0. The summed E-state index contributed by atoms with van der Waals surface area (Å²) < 4.78 is 0. The largest absolute Gasteiger partial charge is 0.366 e. The van der Waals surface area contributed by atoms with Crippen LogP contribution in [0.25, 0.3) is 0 Å². The zero-order valence-corrected chi connectivity index (χ0v) is 11.9. The highest BCUT2D eigenvalue weighted by Crippen LogP contribution is 2.30. The van der Waals surface area contributed by atoms with Crippen LogP contribution in [0.2, 0.25) is 10.3 Å². The Bertz CT molecular complexity index is 389. The van der Waals surface area contributed by atoms with Gasteiger partial charge in [0.15, 0.2) is 0 Å². The Labute approximate surface area is 116 Å². The van der Waals surface area contributed by atoms with Gasteiger partial charge in [-0.15, -0.1) is 0 Å². The van der Waals surface area contributed by atoms with Gasteiger partial charge in [0.25, 0.3) is 0 Å². The van der Waals surface area contributed by atoms with Crippen molar-refractivity contribution in [2.45, 2.75) is 37.0 Å². The van der Waals surface area contributed by atoms with Gasteiger partial charge < -0.3 is 5.32 Å². The summed E-state index contributed by atoms with van der Waals surface area (Å²) >= 11 is 13.7. The van der Waals surface area contributed by atoms with Crippen LogP contribution in [0.15, 0.2) is 6.20 Å². The predicted molar refractivity (Wildman–Crippen MR) is 75.2 cm³/mol. The van der Waals surface area contributed by atoms with Crippen molar-refractivity contribution in [1.82, 2.24) is 9.97 Å². The summed E-state index contributed by atoms with van der Waals surface area (Å²) in [7, 11) is 0. The first-order valence-electron chi connectivity index (χ1n) is 5.66. The monoisotopic (exact) mass is 291 g/mol. The molecule has 1 fully saturated rings. The first kappa shape index (κ1) is 13.2. The fourth-order valence-electron chi connectivity index (χ4n) is 2.13. The van der Waals surface area contributed by atoms with Crippen LogP contribution in [0.5, 0.6) is 0 Å². The Morgan fingerprint density at radius 2 is 2.24 bits per heavy atom. The van der Waals surface area contributed by atoms with Crippen molar-refractivity contribution < 1.29 is 0 Å². The Morgan fingerprint density at radius 3 is 3.00 bits per heavy atom. The lowest BCUT2D eigenvalue weighted by molar-refractivity contribution is 0.472. The number of nitrogens with one attached hydrogen (secondary N) is 1. The lowest BCUT2D eigenvalue weighted by Crippen LogP contribution is -2.29. The first-order valence-corrected chi connectivity index (χ1v) is 7.71. The molecule has 17 heavy (non-hydrogen) atoms. The molecule has 2 unspecified atom stereocenters. The lowest BCUT2D eigenvalue weighted by atomic mass is 9.95. The molecule has 1 saturated carbocycles. The van der Waals surface area contributed by atoms with Crippen LogP contribution < -0.4 is 5.32 Å². The molecule has 0 bridgehead atoms. The van der Waals surface area contributed by atoms with Crippen molar-refractivity contribution in [3.05, 3.63) is 16.5 Å². The molecule has 1 aliphatic carbocycles. The summed E-state index contributed by atoms with van der Waals surface area (Å²) in [6, 6.07) is 0.435. The Balaban J connectivity index is 2.02. The van der Waals surface area contributed by atoms with Crippen LogP contribution in [0.1, 0.15) is 25.7 Å². The fraction of sp³-hybridized carbons (Fsp3) is 0.636. The van der Waals surface area contributed by atoms with Gasteiger partial charge in [-0.25, -0.2) is 4.98 Å². The van der Waals surface area contributed by atoms with E-state index in [4.69, 9.17) is 23.2 Å². The van der Waals surface area contributed by atoms with Crippen LogP contribution in [0.3, 0.4) is 0 Å². The van der Waals surface area contributed by atoms with E-state index in [2.05, 4.69) is 21.5 Å². The lowest BCUT2D eigenvalue weighted by Gasteiger charge is -2.29. The Hall–Kier alpha value is -0.190. The van der Waals surface area contributed by atoms with E-state index in [9.17, 15) is 0 Å². The van der Waals surface area contributed by atoms with Crippen LogP contribution in [0.4, 0.5) is 5.82 Å². The number of anilines is 1. The number of rotatable bonds is 3. The zero-order chi connectivity index (χ0) is 12.3. The molecule has 0 saturated heterocycles. The van der Waals surface area contributed by atoms with Crippen molar-refractivity contribution in [2.24, 2.45) is 0 Å². The smallest absolute Gasteiger partial charge is 0.224 e. The van der Waals surface area contributed by atoms with Crippen LogP contribution in [-0.4, -0.2) is 27.5 Å². The Kier molecular flexibility index (Phi) is 4.77. The van der Waals surface area contributed by atoms with Gasteiger partial charge in [0.1, 0.15) is 10.8 Å². The molecule has 0 aromatic carbocycles. The van der Waals surface area contributed by atoms with E-state index in [1.807, 2.05) is 11.8 Å². The molecule has 0 amide bonds. The molecule has 1 aromatic heterocycles. The number of hydrogen-bond acceptors (Lipinski definition) is 4. The zero-order valence-electron chi connectivity index (χ0n) is 9.62. The number of halogens is 2. The third kappa shape index (κ3) is 3.63. The van der Waals surface area contributed by atoms with Gasteiger partial charge in [-0.05, 0) is 37.1 Å². The van der Waals surface area contributed by atoms with Crippen LogP contribution in [-0.2, 0) is 0 Å². The quantitative estimate of drug-likeness (QED) is 0.858. The third-order valence-electron chi connectivity index (χ3n) is 3.01. The highest BCUT2D eigenvalue weighted by atomic mass is 35.5.